The maximum Gasteiger partial charge on any atom is 0.264 e. The van der Waals surface area contributed by atoms with Gasteiger partial charge in [-0.3, -0.25) is 14.6 Å². The minimum atomic E-state index is -0.0939. The molecule has 1 saturated carbocycles. The van der Waals surface area contributed by atoms with Crippen LogP contribution in [0.5, 0.6) is 0 Å². The van der Waals surface area contributed by atoms with E-state index in [1.54, 1.807) is 36.7 Å². The number of likely N-dealkylation sites (tertiary alicyclic amines) is 1. The zero-order valence-corrected chi connectivity index (χ0v) is 14.4. The van der Waals surface area contributed by atoms with Crippen molar-refractivity contribution in [2.45, 2.75) is 24.9 Å². The van der Waals surface area contributed by atoms with Gasteiger partial charge >= 0.3 is 0 Å². The number of piperidine rings is 1. The molecule has 1 saturated heterocycles. The Balaban J connectivity index is 1.39. The van der Waals surface area contributed by atoms with E-state index in [0.29, 0.717) is 27.2 Å². The molecule has 3 heterocycles. The number of amides is 2. The van der Waals surface area contributed by atoms with Gasteiger partial charge in [0.2, 0.25) is 0 Å². The Hall–Kier alpha value is -1.92. The van der Waals surface area contributed by atoms with Gasteiger partial charge in [0.1, 0.15) is 0 Å². The van der Waals surface area contributed by atoms with Gasteiger partial charge in [-0.2, -0.15) is 0 Å². The second-order valence-electron chi connectivity index (χ2n) is 6.27. The molecule has 2 aromatic heterocycles. The molecule has 0 spiro atoms. The number of carbonyl (C=O) groups excluding carboxylic acids is 2. The minimum absolute atomic E-state index is 0.0523. The van der Waals surface area contributed by atoms with E-state index in [1.807, 2.05) is 4.90 Å². The number of hydrogen-bond donors (Lipinski definition) is 1. The molecule has 7 heteroatoms. The van der Waals surface area contributed by atoms with Crippen LogP contribution in [0, 0.1) is 5.92 Å². The number of halogens is 1. The van der Waals surface area contributed by atoms with E-state index in [-0.39, 0.29) is 23.9 Å². The van der Waals surface area contributed by atoms with Gasteiger partial charge in [0.15, 0.2) is 0 Å². The number of nitrogens with one attached hydrogen (secondary N) is 1. The van der Waals surface area contributed by atoms with Crippen LogP contribution in [0.3, 0.4) is 0 Å². The largest absolute Gasteiger partial charge is 0.349 e. The number of rotatable bonds is 3. The standard InChI is InChI=1S/C17H16ClN3O2S/c18-15-4-3-14(24-15)17(23)21-9-11-6-12(21)7-13(11)20-16(22)10-2-1-5-19-8-10/h1-5,8,11-13H,6-7,9H2,(H,20,22)/t11-,12-,13-/m0/s1. The van der Waals surface area contributed by atoms with Crippen molar-refractivity contribution >= 4 is 34.8 Å². The maximum atomic E-state index is 12.6. The van der Waals surface area contributed by atoms with E-state index < -0.39 is 0 Å². The lowest BCUT2D eigenvalue weighted by Crippen LogP contribution is -2.47. The lowest BCUT2D eigenvalue weighted by molar-refractivity contribution is 0.0684. The highest BCUT2D eigenvalue weighted by atomic mass is 35.5. The second-order valence-corrected chi connectivity index (χ2v) is 7.98. The Kier molecular flexibility index (Phi) is 4.02. The van der Waals surface area contributed by atoms with Crippen molar-refractivity contribution < 1.29 is 9.59 Å². The van der Waals surface area contributed by atoms with E-state index in [2.05, 4.69) is 10.3 Å². The molecule has 2 bridgehead atoms. The molecule has 2 fully saturated rings. The van der Waals surface area contributed by atoms with Gasteiger partial charge in [-0.25, -0.2) is 0 Å². The Morgan fingerprint density at radius 3 is 2.79 bits per heavy atom. The maximum absolute atomic E-state index is 12.6. The summed E-state index contributed by atoms with van der Waals surface area (Å²) in [5.74, 6) is 0.273. The summed E-state index contributed by atoms with van der Waals surface area (Å²) >= 11 is 7.24. The van der Waals surface area contributed by atoms with Crippen molar-refractivity contribution in [3.63, 3.8) is 0 Å². The Morgan fingerprint density at radius 2 is 2.17 bits per heavy atom. The van der Waals surface area contributed by atoms with Crippen molar-refractivity contribution in [1.29, 1.82) is 0 Å². The van der Waals surface area contributed by atoms with Crippen LogP contribution in [-0.2, 0) is 0 Å². The smallest absolute Gasteiger partial charge is 0.264 e. The van der Waals surface area contributed by atoms with E-state index in [1.165, 1.54) is 11.3 Å². The van der Waals surface area contributed by atoms with Crippen LogP contribution in [0.15, 0.2) is 36.7 Å². The highest BCUT2D eigenvalue weighted by Gasteiger charge is 2.47. The summed E-state index contributed by atoms with van der Waals surface area (Å²) in [5, 5.41) is 3.09. The molecule has 24 heavy (non-hydrogen) atoms. The molecule has 2 aromatic rings. The van der Waals surface area contributed by atoms with Gasteiger partial charge in [0.25, 0.3) is 11.8 Å². The predicted molar refractivity (Wildman–Crippen MR) is 92.4 cm³/mol. The Bertz CT molecular complexity index is 779. The first-order chi connectivity index (χ1) is 11.6. The summed E-state index contributed by atoms with van der Waals surface area (Å²) in [6.07, 6.45) is 4.97. The van der Waals surface area contributed by atoms with Gasteiger partial charge < -0.3 is 10.2 Å². The van der Waals surface area contributed by atoms with Gasteiger partial charge in [-0.05, 0) is 43.0 Å². The highest BCUT2D eigenvalue weighted by molar-refractivity contribution is 7.17. The Morgan fingerprint density at radius 1 is 1.29 bits per heavy atom. The van der Waals surface area contributed by atoms with Crippen LogP contribution in [0.4, 0.5) is 0 Å². The molecule has 4 rings (SSSR count). The van der Waals surface area contributed by atoms with Gasteiger partial charge in [-0.1, -0.05) is 11.6 Å². The number of thiophene rings is 1. The first kappa shape index (κ1) is 15.6. The minimum Gasteiger partial charge on any atom is -0.349 e. The summed E-state index contributed by atoms with van der Waals surface area (Å²) in [7, 11) is 0. The summed E-state index contributed by atoms with van der Waals surface area (Å²) in [6.45, 7) is 0.691. The monoisotopic (exact) mass is 361 g/mol. The number of nitrogens with zero attached hydrogens (tertiary/aromatic N) is 2. The summed E-state index contributed by atoms with van der Waals surface area (Å²) in [6, 6.07) is 7.36. The van der Waals surface area contributed by atoms with Crippen LogP contribution < -0.4 is 5.32 Å². The molecule has 1 aliphatic carbocycles. The first-order valence-electron chi connectivity index (χ1n) is 7.89. The molecule has 1 N–H and O–H groups in total. The number of fused-ring (bicyclic) bond motifs is 2. The van der Waals surface area contributed by atoms with Gasteiger partial charge in [0.05, 0.1) is 14.8 Å². The second kappa shape index (κ2) is 6.18. The lowest BCUT2D eigenvalue weighted by Gasteiger charge is -2.31. The SMILES string of the molecule is O=C(N[C@H]1C[C@@H]2C[C@H]1CN2C(=O)c1ccc(Cl)s1)c1cccnc1. The van der Waals surface area contributed by atoms with Crippen LogP contribution in [0.1, 0.15) is 32.9 Å². The van der Waals surface area contributed by atoms with Crippen molar-refractivity contribution in [3.8, 4) is 0 Å². The fourth-order valence-electron chi connectivity index (χ4n) is 3.70. The summed E-state index contributed by atoms with van der Waals surface area (Å²) < 4.78 is 0.629. The van der Waals surface area contributed by atoms with Crippen molar-refractivity contribution in [3.05, 3.63) is 51.4 Å². The van der Waals surface area contributed by atoms with Crippen LogP contribution in [-0.4, -0.2) is 40.3 Å². The van der Waals surface area contributed by atoms with Crippen molar-refractivity contribution in [1.82, 2.24) is 15.2 Å². The molecule has 5 nitrogen and oxygen atoms in total. The number of pyridine rings is 1. The van der Waals surface area contributed by atoms with E-state index in [9.17, 15) is 9.59 Å². The normalized spacial score (nSPS) is 25.0. The van der Waals surface area contributed by atoms with Crippen LogP contribution >= 0.6 is 22.9 Å². The topological polar surface area (TPSA) is 62.3 Å². The fourth-order valence-corrected chi connectivity index (χ4v) is 4.70. The molecule has 124 valence electrons. The van der Waals surface area contributed by atoms with Crippen LogP contribution in [0.25, 0.3) is 0 Å². The van der Waals surface area contributed by atoms with Crippen molar-refractivity contribution in [2.24, 2.45) is 5.92 Å². The summed E-state index contributed by atoms with van der Waals surface area (Å²) in [4.78, 5) is 31.4. The molecular weight excluding hydrogens is 346 g/mol. The molecule has 3 atom stereocenters. The molecule has 0 radical (unpaired) electrons. The van der Waals surface area contributed by atoms with Gasteiger partial charge in [0, 0.05) is 31.0 Å². The molecule has 2 amide bonds. The summed E-state index contributed by atoms with van der Waals surface area (Å²) in [5.41, 5.74) is 0.571. The zero-order valence-electron chi connectivity index (χ0n) is 12.8. The van der Waals surface area contributed by atoms with E-state index in [0.717, 1.165) is 12.8 Å². The molecule has 1 aliphatic heterocycles. The van der Waals surface area contributed by atoms with Gasteiger partial charge in [-0.15, -0.1) is 11.3 Å². The first-order valence-corrected chi connectivity index (χ1v) is 9.08. The zero-order chi connectivity index (χ0) is 16.7. The molecule has 0 unspecified atom stereocenters. The number of carbonyl (C=O) groups is 2. The predicted octanol–water partition coefficient (Wildman–Crippen LogP) is 2.83. The third-order valence-corrected chi connectivity index (χ3v) is 6.05. The van der Waals surface area contributed by atoms with E-state index in [4.69, 9.17) is 11.6 Å². The fraction of sp³-hybridized carbons (Fsp3) is 0.353. The molecular formula is C17H16ClN3O2S. The van der Waals surface area contributed by atoms with Crippen LogP contribution in [0.2, 0.25) is 4.34 Å². The quantitative estimate of drug-likeness (QED) is 0.914. The Labute approximate surface area is 148 Å². The van der Waals surface area contributed by atoms with E-state index >= 15 is 0 Å². The third kappa shape index (κ3) is 2.80. The number of aromatic nitrogens is 1. The highest BCUT2D eigenvalue weighted by Crippen LogP contribution is 2.39. The average Bonchev–Trinajstić information content (AvgIpc) is 3.30. The van der Waals surface area contributed by atoms with Crippen molar-refractivity contribution in [2.75, 3.05) is 6.54 Å². The average molecular weight is 362 g/mol. The lowest BCUT2D eigenvalue weighted by atomic mass is 10.0. The third-order valence-electron chi connectivity index (χ3n) is 4.83. The molecule has 2 aliphatic rings. The molecule has 0 aromatic carbocycles. The number of hydrogen-bond acceptors (Lipinski definition) is 4.